The second-order valence-corrected chi connectivity index (χ2v) is 5.88. The molecule has 2 heterocycles. The van der Waals surface area contributed by atoms with Crippen molar-refractivity contribution in [2.45, 2.75) is 37.2 Å². The molecule has 0 aliphatic carbocycles. The summed E-state index contributed by atoms with van der Waals surface area (Å²) in [6.07, 6.45) is 3.88. The van der Waals surface area contributed by atoms with Crippen LogP contribution in [0, 0.1) is 0 Å². The van der Waals surface area contributed by atoms with Gasteiger partial charge < -0.3 is 9.64 Å². The first-order chi connectivity index (χ1) is 9.15. The molecule has 1 aromatic carbocycles. The van der Waals surface area contributed by atoms with Gasteiger partial charge in [-0.05, 0) is 36.5 Å². The number of fused-ring (bicyclic) bond motifs is 1. The third-order valence-electron chi connectivity index (χ3n) is 4.04. The second-order valence-electron chi connectivity index (χ2n) is 5.36. The normalized spacial score (nSPS) is 23.8. The molecule has 102 valence electrons. The predicted molar refractivity (Wildman–Crippen MR) is 75.7 cm³/mol. The summed E-state index contributed by atoms with van der Waals surface area (Å²) in [5.41, 5.74) is 3.19. The molecule has 1 fully saturated rings. The Bertz CT molecular complexity index is 497. The number of halogens is 1. The maximum atomic E-state index is 11.7. The standard InChI is InChI=1S/C15H18ClNO2/c1-17-14-5-4-10(7-11(14)8-15(17)18)13(16)9-12-3-2-6-19-12/h4-5,7,12-13H,2-3,6,8-9H2,1H3. The van der Waals surface area contributed by atoms with E-state index in [1.807, 2.05) is 19.2 Å². The van der Waals surface area contributed by atoms with Crippen LogP contribution in [0.25, 0.3) is 0 Å². The number of anilines is 1. The van der Waals surface area contributed by atoms with Crippen LogP contribution in [-0.2, 0) is 16.0 Å². The van der Waals surface area contributed by atoms with Gasteiger partial charge in [0.2, 0.25) is 5.91 Å². The van der Waals surface area contributed by atoms with Crippen LogP contribution in [0.3, 0.4) is 0 Å². The number of hydrogen-bond donors (Lipinski definition) is 0. The highest BCUT2D eigenvalue weighted by Crippen LogP contribution is 2.35. The number of rotatable bonds is 3. The molecule has 4 heteroatoms. The van der Waals surface area contributed by atoms with Crippen LogP contribution in [0.5, 0.6) is 0 Å². The number of hydrogen-bond acceptors (Lipinski definition) is 2. The number of benzene rings is 1. The summed E-state index contributed by atoms with van der Waals surface area (Å²) >= 11 is 6.48. The molecular weight excluding hydrogens is 262 g/mol. The summed E-state index contributed by atoms with van der Waals surface area (Å²) in [7, 11) is 1.82. The quantitative estimate of drug-likeness (QED) is 0.796. The zero-order valence-corrected chi connectivity index (χ0v) is 11.8. The van der Waals surface area contributed by atoms with Gasteiger partial charge in [-0.1, -0.05) is 12.1 Å². The van der Waals surface area contributed by atoms with Crippen LogP contribution in [0.2, 0.25) is 0 Å². The summed E-state index contributed by atoms with van der Waals surface area (Å²) in [6.45, 7) is 0.859. The first-order valence-electron chi connectivity index (χ1n) is 6.80. The Kier molecular flexibility index (Phi) is 3.50. The Morgan fingerprint density at radius 2 is 2.37 bits per heavy atom. The Hall–Kier alpha value is -1.06. The van der Waals surface area contributed by atoms with Crippen molar-refractivity contribution in [2.75, 3.05) is 18.6 Å². The van der Waals surface area contributed by atoms with Gasteiger partial charge in [0.25, 0.3) is 0 Å². The van der Waals surface area contributed by atoms with Gasteiger partial charge >= 0.3 is 0 Å². The molecule has 2 aliphatic heterocycles. The van der Waals surface area contributed by atoms with Crippen LogP contribution >= 0.6 is 11.6 Å². The zero-order valence-electron chi connectivity index (χ0n) is 11.1. The maximum absolute atomic E-state index is 11.7. The summed E-state index contributed by atoms with van der Waals surface area (Å²) in [5, 5.41) is -0.0330. The Morgan fingerprint density at radius 3 is 3.11 bits per heavy atom. The first-order valence-corrected chi connectivity index (χ1v) is 7.24. The number of nitrogens with zero attached hydrogens (tertiary/aromatic N) is 1. The lowest BCUT2D eigenvalue weighted by atomic mass is 10.0. The molecule has 3 nitrogen and oxygen atoms in total. The SMILES string of the molecule is CN1C(=O)Cc2cc(C(Cl)CC3CCCO3)ccc21. The fraction of sp³-hybridized carbons (Fsp3) is 0.533. The van der Waals surface area contributed by atoms with E-state index in [4.69, 9.17) is 16.3 Å². The van der Waals surface area contributed by atoms with Crippen molar-refractivity contribution < 1.29 is 9.53 Å². The lowest BCUT2D eigenvalue weighted by Crippen LogP contribution is -2.20. The van der Waals surface area contributed by atoms with Gasteiger partial charge in [0, 0.05) is 19.3 Å². The van der Waals surface area contributed by atoms with Crippen molar-refractivity contribution in [1.82, 2.24) is 0 Å². The Balaban J connectivity index is 1.75. The minimum Gasteiger partial charge on any atom is -0.378 e. The average Bonchev–Trinajstić information content (AvgIpc) is 2.99. The molecule has 19 heavy (non-hydrogen) atoms. The van der Waals surface area contributed by atoms with Crippen LogP contribution in [0.1, 0.15) is 35.8 Å². The minimum atomic E-state index is -0.0330. The van der Waals surface area contributed by atoms with E-state index in [-0.39, 0.29) is 11.3 Å². The van der Waals surface area contributed by atoms with Crippen molar-refractivity contribution in [3.8, 4) is 0 Å². The first kappa shape index (κ1) is 12.9. The van der Waals surface area contributed by atoms with E-state index in [0.717, 1.165) is 42.7 Å². The second kappa shape index (κ2) is 5.14. The van der Waals surface area contributed by atoms with Crippen molar-refractivity contribution >= 4 is 23.2 Å². The average molecular weight is 280 g/mol. The molecule has 0 radical (unpaired) electrons. The molecule has 2 aliphatic rings. The molecular formula is C15H18ClNO2. The number of amides is 1. The van der Waals surface area contributed by atoms with Crippen molar-refractivity contribution in [2.24, 2.45) is 0 Å². The van der Waals surface area contributed by atoms with Gasteiger partial charge in [0.1, 0.15) is 0 Å². The zero-order chi connectivity index (χ0) is 13.4. The molecule has 1 amide bonds. The predicted octanol–water partition coefficient (Wildman–Crippen LogP) is 3.05. The third kappa shape index (κ3) is 2.49. The van der Waals surface area contributed by atoms with Crippen molar-refractivity contribution in [3.63, 3.8) is 0 Å². The summed E-state index contributed by atoms with van der Waals surface area (Å²) in [5.74, 6) is 0.150. The van der Waals surface area contributed by atoms with Gasteiger partial charge in [0.05, 0.1) is 17.9 Å². The molecule has 2 atom stereocenters. The van der Waals surface area contributed by atoms with Gasteiger partial charge in [-0.15, -0.1) is 11.6 Å². The summed E-state index contributed by atoms with van der Waals surface area (Å²) < 4.78 is 5.63. The monoisotopic (exact) mass is 279 g/mol. The number of carbonyl (C=O) groups excluding carboxylic acids is 1. The molecule has 0 bridgehead atoms. The van der Waals surface area contributed by atoms with Crippen LogP contribution in [0.4, 0.5) is 5.69 Å². The number of ether oxygens (including phenoxy) is 1. The fourth-order valence-electron chi connectivity index (χ4n) is 2.88. The fourth-order valence-corrected chi connectivity index (χ4v) is 3.22. The molecule has 0 N–H and O–H groups in total. The molecule has 0 spiro atoms. The van der Waals surface area contributed by atoms with Crippen LogP contribution < -0.4 is 4.90 Å². The topological polar surface area (TPSA) is 29.5 Å². The van der Waals surface area contributed by atoms with Crippen molar-refractivity contribution in [1.29, 1.82) is 0 Å². The number of carbonyl (C=O) groups is 1. The van der Waals surface area contributed by atoms with E-state index in [9.17, 15) is 4.79 Å². The molecule has 1 aromatic rings. The van der Waals surface area contributed by atoms with Crippen LogP contribution in [-0.4, -0.2) is 25.7 Å². The van der Waals surface area contributed by atoms with Gasteiger partial charge in [-0.25, -0.2) is 0 Å². The van der Waals surface area contributed by atoms with Gasteiger partial charge in [-0.2, -0.15) is 0 Å². The van der Waals surface area contributed by atoms with Crippen molar-refractivity contribution in [3.05, 3.63) is 29.3 Å². The summed E-state index contributed by atoms with van der Waals surface area (Å²) in [6, 6.07) is 6.10. The lowest BCUT2D eigenvalue weighted by molar-refractivity contribution is -0.117. The smallest absolute Gasteiger partial charge is 0.231 e. The highest BCUT2D eigenvalue weighted by atomic mass is 35.5. The molecule has 0 aromatic heterocycles. The van der Waals surface area contributed by atoms with E-state index >= 15 is 0 Å². The van der Waals surface area contributed by atoms with Gasteiger partial charge in [-0.3, -0.25) is 4.79 Å². The van der Waals surface area contributed by atoms with E-state index in [0.29, 0.717) is 12.5 Å². The molecule has 2 unspecified atom stereocenters. The lowest BCUT2D eigenvalue weighted by Gasteiger charge is -2.16. The van der Waals surface area contributed by atoms with Gasteiger partial charge in [0.15, 0.2) is 0 Å². The van der Waals surface area contributed by atoms with E-state index in [2.05, 4.69) is 6.07 Å². The van der Waals surface area contributed by atoms with E-state index in [1.165, 1.54) is 0 Å². The molecule has 3 rings (SSSR count). The Labute approximate surface area is 118 Å². The maximum Gasteiger partial charge on any atom is 0.231 e. The van der Waals surface area contributed by atoms with E-state index < -0.39 is 0 Å². The Morgan fingerprint density at radius 1 is 1.53 bits per heavy atom. The largest absolute Gasteiger partial charge is 0.378 e. The summed E-state index contributed by atoms with van der Waals surface area (Å²) in [4.78, 5) is 13.4. The third-order valence-corrected chi connectivity index (χ3v) is 4.47. The molecule has 1 saturated heterocycles. The number of alkyl halides is 1. The highest BCUT2D eigenvalue weighted by Gasteiger charge is 2.26. The molecule has 0 saturated carbocycles. The minimum absolute atomic E-state index is 0.0330. The number of likely N-dealkylation sites (N-methyl/N-ethyl adjacent to an activating group) is 1. The van der Waals surface area contributed by atoms with Crippen LogP contribution in [0.15, 0.2) is 18.2 Å². The van der Waals surface area contributed by atoms with E-state index in [1.54, 1.807) is 4.90 Å². The highest BCUT2D eigenvalue weighted by molar-refractivity contribution is 6.20.